The summed E-state index contributed by atoms with van der Waals surface area (Å²) in [5.74, 6) is 0.520. The summed E-state index contributed by atoms with van der Waals surface area (Å²) in [6, 6.07) is 0. The molecule has 0 aromatic heterocycles. The van der Waals surface area contributed by atoms with Crippen molar-refractivity contribution in [3.63, 3.8) is 0 Å². The lowest BCUT2D eigenvalue weighted by Crippen LogP contribution is -2.22. The van der Waals surface area contributed by atoms with Crippen LogP contribution in [-0.4, -0.2) is 47.9 Å². The molecule has 0 spiro atoms. The highest BCUT2D eigenvalue weighted by Gasteiger charge is 2.47. The molecule has 0 atom stereocenters. The first kappa shape index (κ1) is 8.97. The highest BCUT2D eigenvalue weighted by molar-refractivity contribution is 7.57. The van der Waals surface area contributed by atoms with Gasteiger partial charge in [-0.3, -0.25) is 4.57 Å². The smallest absolute Gasteiger partial charge is 0.270 e. The maximum atomic E-state index is 12.2. The minimum absolute atomic E-state index is 0.520. The third-order valence-electron chi connectivity index (χ3n) is 2.03. The van der Waals surface area contributed by atoms with E-state index >= 15 is 0 Å². The molecule has 12 heavy (non-hydrogen) atoms. The maximum absolute atomic E-state index is 12.2. The van der Waals surface area contributed by atoms with Crippen molar-refractivity contribution in [1.82, 2.24) is 14.4 Å². The molecule has 2 saturated heterocycles. The van der Waals surface area contributed by atoms with Crippen molar-refractivity contribution in [2.45, 2.75) is 0 Å². The Bertz CT molecular complexity index is 201. The van der Waals surface area contributed by atoms with Crippen molar-refractivity contribution >= 4 is 19.2 Å². The van der Waals surface area contributed by atoms with Gasteiger partial charge in [0.05, 0.1) is 0 Å². The molecule has 0 aliphatic carbocycles. The van der Waals surface area contributed by atoms with Crippen molar-refractivity contribution in [3.8, 4) is 0 Å². The molecule has 70 valence electrons. The first-order valence-corrected chi connectivity index (χ1v) is 6.34. The molecule has 0 amide bonds. The van der Waals surface area contributed by atoms with Crippen molar-refractivity contribution < 1.29 is 4.57 Å². The van der Waals surface area contributed by atoms with Crippen LogP contribution in [0.3, 0.4) is 0 Å². The topological polar surface area (TPSA) is 35.1 Å². The van der Waals surface area contributed by atoms with Gasteiger partial charge in [-0.1, -0.05) is 0 Å². The van der Waals surface area contributed by atoms with Crippen LogP contribution in [0, 0.1) is 0 Å². The Kier molecular flexibility index (Phi) is 2.45. The second-order valence-electron chi connectivity index (χ2n) is 3.05. The lowest BCUT2D eigenvalue weighted by atomic mass is 10.8. The second-order valence-corrected chi connectivity index (χ2v) is 5.96. The molecule has 2 rings (SSSR count). The number of nitrogens with one attached hydrogen (secondary N) is 1. The average Bonchev–Trinajstić information content (AvgIpc) is 2.92. The van der Waals surface area contributed by atoms with E-state index in [2.05, 4.69) is 5.09 Å². The van der Waals surface area contributed by atoms with E-state index < -0.39 is 7.59 Å². The van der Waals surface area contributed by atoms with Crippen molar-refractivity contribution in [2.75, 3.05) is 38.6 Å². The van der Waals surface area contributed by atoms with E-state index in [-0.39, 0.29) is 0 Å². The first-order valence-electron chi connectivity index (χ1n) is 4.19. The molecule has 2 aliphatic rings. The Hall–Kier alpha value is 0.400. The molecule has 2 heterocycles. The van der Waals surface area contributed by atoms with Crippen LogP contribution in [0.5, 0.6) is 0 Å². The minimum Gasteiger partial charge on any atom is -0.270 e. The summed E-state index contributed by atoms with van der Waals surface area (Å²) < 4.78 is 16.2. The summed E-state index contributed by atoms with van der Waals surface area (Å²) in [7, 11) is -2.33. The van der Waals surface area contributed by atoms with Gasteiger partial charge in [0.25, 0.3) is 7.59 Å². The van der Waals surface area contributed by atoms with E-state index in [4.69, 9.17) is 11.6 Å². The van der Waals surface area contributed by atoms with E-state index in [9.17, 15) is 4.57 Å². The highest BCUT2D eigenvalue weighted by Crippen LogP contribution is 2.56. The number of hydrogen-bond acceptors (Lipinski definition) is 1. The molecular formula is C6H13ClN3OP. The zero-order valence-corrected chi connectivity index (χ0v) is 8.52. The lowest BCUT2D eigenvalue weighted by molar-refractivity contribution is 0.504. The summed E-state index contributed by atoms with van der Waals surface area (Å²) in [6.45, 7) is 4.48. The van der Waals surface area contributed by atoms with Crippen LogP contribution in [0.15, 0.2) is 0 Å². The van der Waals surface area contributed by atoms with Gasteiger partial charge in [0.2, 0.25) is 0 Å². The molecule has 0 saturated carbocycles. The number of rotatable bonds is 5. The summed E-state index contributed by atoms with van der Waals surface area (Å²) >= 11 is 5.54. The van der Waals surface area contributed by atoms with Gasteiger partial charge in [-0.25, -0.2) is 14.4 Å². The molecule has 0 bridgehead atoms. The average molecular weight is 210 g/mol. The standard InChI is InChI=1S/C6H13ClN3OP/c7-1-2-8-12(11,9-3-4-9)10-5-6-10/h1-6H2,(H,8,11). The molecule has 1 N–H and O–H groups in total. The highest BCUT2D eigenvalue weighted by atomic mass is 35.5. The molecular weight excluding hydrogens is 197 g/mol. The van der Waals surface area contributed by atoms with Crippen LogP contribution in [-0.2, 0) is 4.57 Å². The molecule has 6 heteroatoms. The van der Waals surface area contributed by atoms with Crippen LogP contribution in [0.25, 0.3) is 0 Å². The fraction of sp³-hybridized carbons (Fsp3) is 1.00. The molecule has 0 radical (unpaired) electrons. The molecule has 4 nitrogen and oxygen atoms in total. The Morgan fingerprint density at radius 3 is 2.08 bits per heavy atom. The predicted octanol–water partition coefficient (Wildman–Crippen LogP) is 0.554. The van der Waals surface area contributed by atoms with E-state index in [0.717, 1.165) is 26.2 Å². The molecule has 0 aromatic carbocycles. The minimum atomic E-state index is -2.33. The predicted molar refractivity (Wildman–Crippen MR) is 49.5 cm³/mol. The van der Waals surface area contributed by atoms with Gasteiger partial charge in [-0.2, -0.15) is 0 Å². The maximum Gasteiger partial charge on any atom is 0.284 e. The number of hydrogen-bond donors (Lipinski definition) is 1. The molecule has 2 fully saturated rings. The van der Waals surface area contributed by atoms with E-state index in [1.54, 1.807) is 0 Å². The van der Waals surface area contributed by atoms with Gasteiger partial charge in [-0.05, 0) is 0 Å². The van der Waals surface area contributed by atoms with Crippen LogP contribution in [0.1, 0.15) is 0 Å². The third-order valence-corrected chi connectivity index (χ3v) is 5.18. The Labute approximate surface area is 77.4 Å². The number of halogens is 1. The van der Waals surface area contributed by atoms with Gasteiger partial charge < -0.3 is 0 Å². The second kappa shape index (κ2) is 3.28. The van der Waals surface area contributed by atoms with E-state index in [0.29, 0.717) is 12.4 Å². The summed E-state index contributed by atoms with van der Waals surface area (Å²) in [6.07, 6.45) is 0. The molecule has 0 aromatic rings. The van der Waals surface area contributed by atoms with Crippen molar-refractivity contribution in [3.05, 3.63) is 0 Å². The van der Waals surface area contributed by atoms with Crippen molar-refractivity contribution in [1.29, 1.82) is 0 Å². The van der Waals surface area contributed by atoms with Gasteiger partial charge in [-0.15, -0.1) is 11.6 Å². The SMILES string of the molecule is O=P(NCCCl)(N1CC1)N1CC1. The fourth-order valence-corrected chi connectivity index (χ4v) is 3.85. The third kappa shape index (κ3) is 1.68. The fourth-order valence-electron chi connectivity index (χ4n) is 1.20. The zero-order chi connectivity index (χ0) is 8.60. The Balaban J connectivity index is 1.95. The van der Waals surface area contributed by atoms with Gasteiger partial charge in [0.1, 0.15) is 0 Å². The van der Waals surface area contributed by atoms with E-state index in [1.807, 2.05) is 9.34 Å². The number of alkyl halides is 1. The Morgan fingerprint density at radius 2 is 1.75 bits per heavy atom. The van der Waals surface area contributed by atoms with Gasteiger partial charge in [0, 0.05) is 38.6 Å². The summed E-state index contributed by atoms with van der Waals surface area (Å²) in [4.78, 5) is 0. The van der Waals surface area contributed by atoms with E-state index in [1.165, 1.54) is 0 Å². The monoisotopic (exact) mass is 209 g/mol. The zero-order valence-electron chi connectivity index (χ0n) is 6.87. The van der Waals surface area contributed by atoms with Crippen LogP contribution in [0.4, 0.5) is 0 Å². The van der Waals surface area contributed by atoms with Crippen LogP contribution >= 0.6 is 19.2 Å². The molecule has 2 aliphatic heterocycles. The summed E-state index contributed by atoms with van der Waals surface area (Å²) in [5.41, 5.74) is 0. The Morgan fingerprint density at radius 1 is 1.25 bits per heavy atom. The van der Waals surface area contributed by atoms with Crippen molar-refractivity contribution in [2.24, 2.45) is 0 Å². The summed E-state index contributed by atoms with van der Waals surface area (Å²) in [5, 5.41) is 3.05. The lowest BCUT2D eigenvalue weighted by Gasteiger charge is -2.20. The number of nitrogens with zero attached hydrogens (tertiary/aromatic N) is 2. The van der Waals surface area contributed by atoms with Crippen LogP contribution < -0.4 is 5.09 Å². The van der Waals surface area contributed by atoms with Gasteiger partial charge >= 0.3 is 0 Å². The normalized spacial score (nSPS) is 24.4. The quantitative estimate of drug-likeness (QED) is 0.408. The largest absolute Gasteiger partial charge is 0.284 e. The first-order chi connectivity index (χ1) is 5.77. The van der Waals surface area contributed by atoms with Crippen LogP contribution in [0.2, 0.25) is 0 Å². The molecule has 0 unspecified atom stereocenters. The van der Waals surface area contributed by atoms with Gasteiger partial charge in [0.15, 0.2) is 0 Å².